The molecule has 1 aliphatic carbocycles. The predicted molar refractivity (Wildman–Crippen MR) is 114 cm³/mol. The summed E-state index contributed by atoms with van der Waals surface area (Å²) in [5.41, 5.74) is 1.15. The molecule has 0 spiro atoms. The Kier molecular flexibility index (Phi) is 6.15. The van der Waals surface area contributed by atoms with Crippen molar-refractivity contribution in [2.24, 2.45) is 0 Å². The zero-order chi connectivity index (χ0) is 21.1. The average Bonchev–Trinajstić information content (AvgIpc) is 2.76. The molecule has 150 valence electrons. The first-order valence-electron chi connectivity index (χ1n) is 8.55. The average molecular weight is 433 g/mol. The molecule has 0 saturated heterocycles. The minimum Gasteiger partial charge on any atom is -0.497 e. The van der Waals surface area contributed by atoms with E-state index in [0.29, 0.717) is 22.9 Å². The number of hydrogen-bond donors (Lipinski definition) is 1. The number of Topliss-reactive ketones (excluding diaryl/α,β-unsaturated/α-hetero) is 2. The van der Waals surface area contributed by atoms with Crippen molar-refractivity contribution < 1.29 is 19.1 Å². The molecule has 8 heteroatoms. The predicted octanol–water partition coefficient (Wildman–Crippen LogP) is 4.30. The standard InChI is InChI=1S/C21H18Cl2N2O4/c1-25(13-6-10-15(29-3)11-7-13)19-17(23)20(26)18(16(22)21(19)27)24-12-4-8-14(28-2)9-5-12/h4-11,24H,1-3H3. The molecule has 1 aliphatic rings. The largest absolute Gasteiger partial charge is 0.497 e. The summed E-state index contributed by atoms with van der Waals surface area (Å²) in [6.07, 6.45) is 0. The van der Waals surface area contributed by atoms with E-state index in [9.17, 15) is 9.59 Å². The second kappa shape index (κ2) is 8.59. The Balaban J connectivity index is 1.90. The van der Waals surface area contributed by atoms with Gasteiger partial charge in [0.05, 0.1) is 14.2 Å². The normalized spacial score (nSPS) is 14.2. The minimum atomic E-state index is -0.567. The summed E-state index contributed by atoms with van der Waals surface area (Å²) in [5.74, 6) is 0.202. The summed E-state index contributed by atoms with van der Waals surface area (Å²) in [5, 5.41) is 2.43. The molecular weight excluding hydrogens is 415 g/mol. The molecule has 0 atom stereocenters. The molecule has 0 unspecified atom stereocenters. The third kappa shape index (κ3) is 4.09. The number of carbonyl (C=O) groups is 2. The van der Waals surface area contributed by atoms with E-state index in [1.807, 2.05) is 0 Å². The van der Waals surface area contributed by atoms with E-state index < -0.39 is 11.6 Å². The number of rotatable bonds is 6. The Morgan fingerprint density at radius 2 is 1.31 bits per heavy atom. The maximum absolute atomic E-state index is 12.9. The monoisotopic (exact) mass is 432 g/mol. The van der Waals surface area contributed by atoms with Gasteiger partial charge in [-0.3, -0.25) is 9.59 Å². The van der Waals surface area contributed by atoms with Gasteiger partial charge >= 0.3 is 0 Å². The van der Waals surface area contributed by atoms with Crippen LogP contribution >= 0.6 is 23.2 Å². The number of likely N-dealkylation sites (N-methyl/N-ethyl adjacent to an activating group) is 1. The molecule has 2 aromatic carbocycles. The van der Waals surface area contributed by atoms with Crippen molar-refractivity contribution in [2.45, 2.75) is 0 Å². The van der Waals surface area contributed by atoms with Crippen molar-refractivity contribution in [3.8, 4) is 11.5 Å². The van der Waals surface area contributed by atoms with Crippen LogP contribution in [0, 0.1) is 0 Å². The van der Waals surface area contributed by atoms with Crippen molar-refractivity contribution >= 4 is 46.1 Å². The number of allylic oxidation sites excluding steroid dienone is 2. The highest BCUT2D eigenvalue weighted by Crippen LogP contribution is 2.34. The van der Waals surface area contributed by atoms with Crippen molar-refractivity contribution in [1.29, 1.82) is 0 Å². The Labute approximate surface area is 178 Å². The summed E-state index contributed by atoms with van der Waals surface area (Å²) < 4.78 is 10.2. The highest BCUT2D eigenvalue weighted by atomic mass is 35.5. The molecule has 0 heterocycles. The van der Waals surface area contributed by atoms with Crippen LogP contribution in [0.15, 0.2) is 70.0 Å². The van der Waals surface area contributed by atoms with E-state index in [4.69, 9.17) is 32.7 Å². The van der Waals surface area contributed by atoms with Gasteiger partial charge in [0.2, 0.25) is 11.6 Å². The number of hydrogen-bond acceptors (Lipinski definition) is 6. The summed E-state index contributed by atoms with van der Waals surface area (Å²) in [6.45, 7) is 0. The van der Waals surface area contributed by atoms with E-state index >= 15 is 0 Å². The number of nitrogens with one attached hydrogen (secondary N) is 1. The molecule has 29 heavy (non-hydrogen) atoms. The third-order valence-corrected chi connectivity index (χ3v) is 5.13. The van der Waals surface area contributed by atoms with E-state index in [0.717, 1.165) is 0 Å². The molecule has 0 aromatic heterocycles. The zero-order valence-electron chi connectivity index (χ0n) is 16.0. The number of carbonyl (C=O) groups excluding carboxylic acids is 2. The second-order valence-corrected chi connectivity index (χ2v) is 6.88. The Morgan fingerprint density at radius 3 is 1.83 bits per heavy atom. The van der Waals surface area contributed by atoms with E-state index in [1.54, 1.807) is 69.8 Å². The Bertz CT molecular complexity index is 1010. The van der Waals surface area contributed by atoms with Gasteiger partial charge in [-0.25, -0.2) is 0 Å². The third-order valence-electron chi connectivity index (χ3n) is 4.42. The van der Waals surface area contributed by atoms with Crippen LogP contribution in [0.1, 0.15) is 0 Å². The SMILES string of the molecule is COc1ccc(NC2=C(Cl)C(=O)C(N(C)c3ccc(OC)cc3)=C(Cl)C2=O)cc1. The molecule has 2 aromatic rings. The maximum atomic E-state index is 12.9. The number of methoxy groups -OCH3 is 2. The summed E-state index contributed by atoms with van der Waals surface area (Å²) in [6, 6.07) is 13.8. The lowest BCUT2D eigenvalue weighted by Gasteiger charge is -2.26. The number of nitrogens with zero attached hydrogens (tertiary/aromatic N) is 1. The molecule has 0 aliphatic heterocycles. The van der Waals surface area contributed by atoms with Crippen LogP contribution in [0.4, 0.5) is 11.4 Å². The van der Waals surface area contributed by atoms with Gasteiger partial charge in [-0.1, -0.05) is 23.2 Å². The van der Waals surface area contributed by atoms with Crippen molar-refractivity contribution in [1.82, 2.24) is 0 Å². The number of ketones is 2. The van der Waals surface area contributed by atoms with E-state index in [-0.39, 0.29) is 21.5 Å². The quantitative estimate of drug-likeness (QED) is 0.686. The van der Waals surface area contributed by atoms with Crippen molar-refractivity contribution in [3.05, 3.63) is 70.0 Å². The van der Waals surface area contributed by atoms with Gasteiger partial charge < -0.3 is 19.7 Å². The molecule has 0 fully saturated rings. The smallest absolute Gasteiger partial charge is 0.224 e. The lowest BCUT2D eigenvalue weighted by atomic mass is 10.0. The summed E-state index contributed by atoms with van der Waals surface area (Å²) in [4.78, 5) is 27.3. The zero-order valence-corrected chi connectivity index (χ0v) is 17.5. The second-order valence-electron chi connectivity index (χ2n) is 6.12. The maximum Gasteiger partial charge on any atom is 0.224 e. The first-order chi connectivity index (χ1) is 13.9. The summed E-state index contributed by atoms with van der Waals surface area (Å²) >= 11 is 12.6. The van der Waals surface area contributed by atoms with Gasteiger partial charge in [0, 0.05) is 18.4 Å². The first-order valence-corrected chi connectivity index (χ1v) is 9.30. The number of anilines is 2. The van der Waals surface area contributed by atoms with Gasteiger partial charge in [0.25, 0.3) is 0 Å². The van der Waals surface area contributed by atoms with Gasteiger partial charge in [-0.2, -0.15) is 0 Å². The van der Waals surface area contributed by atoms with Crippen LogP contribution in [0.25, 0.3) is 0 Å². The van der Waals surface area contributed by atoms with Crippen LogP contribution in [0.3, 0.4) is 0 Å². The Hall–Kier alpha value is -2.96. The van der Waals surface area contributed by atoms with Crippen LogP contribution < -0.4 is 19.7 Å². The minimum absolute atomic E-state index is 0.00659. The van der Waals surface area contributed by atoms with Crippen LogP contribution in [-0.4, -0.2) is 32.8 Å². The molecule has 0 bridgehead atoms. The van der Waals surface area contributed by atoms with E-state index in [1.165, 1.54) is 4.90 Å². The highest BCUT2D eigenvalue weighted by molar-refractivity contribution is 6.56. The number of ether oxygens (including phenoxy) is 2. The molecule has 3 rings (SSSR count). The van der Waals surface area contributed by atoms with Crippen molar-refractivity contribution in [3.63, 3.8) is 0 Å². The van der Waals surface area contributed by atoms with Gasteiger partial charge in [-0.05, 0) is 48.5 Å². The van der Waals surface area contributed by atoms with E-state index in [2.05, 4.69) is 5.32 Å². The molecule has 0 radical (unpaired) electrons. The fraction of sp³-hybridized carbons (Fsp3) is 0.143. The molecule has 0 saturated carbocycles. The molecular formula is C21H18Cl2N2O4. The van der Waals surface area contributed by atoms with Gasteiger partial charge in [-0.15, -0.1) is 0 Å². The fourth-order valence-corrected chi connectivity index (χ4v) is 3.33. The molecule has 1 N–H and O–H groups in total. The van der Waals surface area contributed by atoms with Crippen LogP contribution in [0.2, 0.25) is 0 Å². The Morgan fingerprint density at radius 1 is 0.793 bits per heavy atom. The van der Waals surface area contributed by atoms with Crippen LogP contribution in [-0.2, 0) is 9.59 Å². The van der Waals surface area contributed by atoms with Crippen LogP contribution in [0.5, 0.6) is 11.5 Å². The number of benzene rings is 2. The lowest BCUT2D eigenvalue weighted by Crippen LogP contribution is -2.32. The van der Waals surface area contributed by atoms with Gasteiger partial charge in [0.15, 0.2) is 0 Å². The molecule has 0 amide bonds. The first kappa shape index (κ1) is 20.8. The highest BCUT2D eigenvalue weighted by Gasteiger charge is 2.35. The van der Waals surface area contributed by atoms with Gasteiger partial charge in [0.1, 0.15) is 33.0 Å². The fourth-order valence-electron chi connectivity index (χ4n) is 2.80. The molecule has 6 nitrogen and oxygen atoms in total. The lowest BCUT2D eigenvalue weighted by molar-refractivity contribution is -0.115. The summed E-state index contributed by atoms with van der Waals surface area (Å²) in [7, 11) is 4.75. The number of halogens is 2. The topological polar surface area (TPSA) is 67.9 Å². The van der Waals surface area contributed by atoms with Crippen molar-refractivity contribution in [2.75, 3.05) is 31.5 Å².